The molecular formula is C16H21NO. The van der Waals surface area contributed by atoms with Crippen molar-refractivity contribution in [1.29, 1.82) is 0 Å². The third-order valence-corrected chi connectivity index (χ3v) is 3.29. The van der Waals surface area contributed by atoms with Crippen LogP contribution in [0, 0.1) is 0 Å². The Bertz CT molecular complexity index is 490. The number of methoxy groups -OCH3 is 1. The topological polar surface area (TPSA) is 35.2 Å². The summed E-state index contributed by atoms with van der Waals surface area (Å²) >= 11 is 0. The first-order valence-corrected chi connectivity index (χ1v) is 6.52. The molecule has 0 aromatic heterocycles. The van der Waals surface area contributed by atoms with Crippen molar-refractivity contribution < 1.29 is 4.74 Å². The summed E-state index contributed by atoms with van der Waals surface area (Å²) in [4.78, 5) is 0. The van der Waals surface area contributed by atoms with E-state index in [4.69, 9.17) is 10.5 Å². The highest BCUT2D eigenvalue weighted by atomic mass is 16.5. The van der Waals surface area contributed by atoms with Gasteiger partial charge in [0, 0.05) is 19.8 Å². The minimum atomic E-state index is 0.214. The van der Waals surface area contributed by atoms with Gasteiger partial charge in [0.25, 0.3) is 0 Å². The molecule has 2 aromatic carbocycles. The molecule has 0 saturated heterocycles. The zero-order valence-corrected chi connectivity index (χ0v) is 10.9. The fourth-order valence-corrected chi connectivity index (χ4v) is 2.34. The van der Waals surface area contributed by atoms with Crippen LogP contribution in [0.5, 0.6) is 0 Å². The molecule has 2 aromatic rings. The Morgan fingerprint density at radius 2 is 1.89 bits per heavy atom. The van der Waals surface area contributed by atoms with Crippen LogP contribution in [0.2, 0.25) is 0 Å². The van der Waals surface area contributed by atoms with Gasteiger partial charge in [-0.15, -0.1) is 0 Å². The Kier molecular flexibility index (Phi) is 4.73. The lowest BCUT2D eigenvalue weighted by Gasteiger charge is -2.13. The van der Waals surface area contributed by atoms with E-state index in [9.17, 15) is 0 Å². The third-order valence-electron chi connectivity index (χ3n) is 3.29. The number of hydrogen-bond acceptors (Lipinski definition) is 2. The minimum absolute atomic E-state index is 0.214. The Morgan fingerprint density at radius 3 is 2.72 bits per heavy atom. The smallest absolute Gasteiger partial charge is 0.0462 e. The van der Waals surface area contributed by atoms with Crippen LogP contribution in [0.3, 0.4) is 0 Å². The highest BCUT2D eigenvalue weighted by Gasteiger charge is 2.06. The molecule has 0 fully saturated rings. The van der Waals surface area contributed by atoms with Crippen LogP contribution in [0.15, 0.2) is 42.5 Å². The number of ether oxygens (including phenoxy) is 1. The van der Waals surface area contributed by atoms with E-state index < -0.39 is 0 Å². The molecule has 2 rings (SSSR count). The molecule has 0 heterocycles. The molecular weight excluding hydrogens is 222 g/mol. The number of fused-ring (bicyclic) bond motifs is 1. The van der Waals surface area contributed by atoms with Gasteiger partial charge < -0.3 is 10.5 Å². The van der Waals surface area contributed by atoms with Crippen molar-refractivity contribution in [2.75, 3.05) is 13.7 Å². The van der Waals surface area contributed by atoms with Gasteiger partial charge in [0.1, 0.15) is 0 Å². The fraction of sp³-hybridized carbons (Fsp3) is 0.375. The molecule has 1 atom stereocenters. The van der Waals surface area contributed by atoms with Gasteiger partial charge in [0.2, 0.25) is 0 Å². The fourth-order valence-electron chi connectivity index (χ4n) is 2.34. The Hall–Kier alpha value is -1.38. The quantitative estimate of drug-likeness (QED) is 0.791. The second-order valence-corrected chi connectivity index (χ2v) is 4.74. The first kappa shape index (κ1) is 13.1. The van der Waals surface area contributed by atoms with Crippen LogP contribution in [-0.4, -0.2) is 19.8 Å². The molecule has 0 saturated carbocycles. The molecule has 0 radical (unpaired) electrons. The van der Waals surface area contributed by atoms with Crippen LogP contribution in [0.1, 0.15) is 18.4 Å². The van der Waals surface area contributed by atoms with Gasteiger partial charge in [-0.3, -0.25) is 0 Å². The predicted octanol–water partition coefficient (Wildman–Crippen LogP) is 3.14. The van der Waals surface area contributed by atoms with E-state index in [1.807, 2.05) is 0 Å². The van der Waals surface area contributed by atoms with Crippen molar-refractivity contribution in [3.05, 3.63) is 48.0 Å². The van der Waals surface area contributed by atoms with Gasteiger partial charge in [-0.05, 0) is 35.6 Å². The highest BCUT2D eigenvalue weighted by molar-refractivity contribution is 5.85. The van der Waals surface area contributed by atoms with E-state index in [1.54, 1.807) is 7.11 Å². The first-order chi connectivity index (χ1) is 8.81. The van der Waals surface area contributed by atoms with Crippen molar-refractivity contribution in [3.63, 3.8) is 0 Å². The average Bonchev–Trinajstić information content (AvgIpc) is 2.39. The average molecular weight is 243 g/mol. The molecule has 0 aliphatic carbocycles. The molecule has 18 heavy (non-hydrogen) atoms. The highest BCUT2D eigenvalue weighted by Crippen LogP contribution is 2.20. The molecule has 0 amide bonds. The largest absolute Gasteiger partial charge is 0.385 e. The molecule has 0 bridgehead atoms. The van der Waals surface area contributed by atoms with Crippen molar-refractivity contribution in [2.45, 2.75) is 25.3 Å². The molecule has 0 aliphatic rings. The lowest BCUT2D eigenvalue weighted by atomic mass is 9.97. The number of benzene rings is 2. The Morgan fingerprint density at radius 1 is 1.11 bits per heavy atom. The molecule has 2 N–H and O–H groups in total. The standard InChI is InChI=1S/C16H21NO/c1-18-11-5-9-15(17)12-14-8-4-7-13-6-2-3-10-16(13)14/h2-4,6-8,10,15H,5,9,11-12,17H2,1H3. The zero-order valence-electron chi connectivity index (χ0n) is 10.9. The lowest BCUT2D eigenvalue weighted by molar-refractivity contribution is 0.190. The third kappa shape index (κ3) is 3.31. The van der Waals surface area contributed by atoms with Gasteiger partial charge >= 0.3 is 0 Å². The van der Waals surface area contributed by atoms with Crippen molar-refractivity contribution >= 4 is 10.8 Å². The zero-order chi connectivity index (χ0) is 12.8. The summed E-state index contributed by atoms with van der Waals surface area (Å²) in [6.07, 6.45) is 2.98. The summed E-state index contributed by atoms with van der Waals surface area (Å²) in [6, 6.07) is 15.1. The second kappa shape index (κ2) is 6.53. The molecule has 0 spiro atoms. The van der Waals surface area contributed by atoms with E-state index in [2.05, 4.69) is 42.5 Å². The second-order valence-electron chi connectivity index (χ2n) is 4.74. The van der Waals surface area contributed by atoms with E-state index in [-0.39, 0.29) is 6.04 Å². The van der Waals surface area contributed by atoms with Crippen LogP contribution >= 0.6 is 0 Å². The van der Waals surface area contributed by atoms with E-state index >= 15 is 0 Å². The maximum Gasteiger partial charge on any atom is 0.0462 e. The van der Waals surface area contributed by atoms with Gasteiger partial charge in [-0.25, -0.2) is 0 Å². The number of hydrogen-bond donors (Lipinski definition) is 1. The van der Waals surface area contributed by atoms with E-state index in [1.165, 1.54) is 16.3 Å². The summed E-state index contributed by atoms with van der Waals surface area (Å²) in [5.74, 6) is 0. The Labute approximate surface area is 109 Å². The van der Waals surface area contributed by atoms with Crippen LogP contribution in [-0.2, 0) is 11.2 Å². The predicted molar refractivity (Wildman–Crippen MR) is 76.7 cm³/mol. The Balaban J connectivity index is 2.07. The van der Waals surface area contributed by atoms with Crippen LogP contribution < -0.4 is 5.73 Å². The molecule has 2 nitrogen and oxygen atoms in total. The SMILES string of the molecule is COCCCC(N)Cc1cccc2ccccc12. The van der Waals surface area contributed by atoms with E-state index in [0.29, 0.717) is 0 Å². The van der Waals surface area contributed by atoms with Gasteiger partial charge in [-0.2, -0.15) is 0 Å². The van der Waals surface area contributed by atoms with E-state index in [0.717, 1.165) is 25.9 Å². The molecule has 96 valence electrons. The number of nitrogens with two attached hydrogens (primary N) is 1. The van der Waals surface area contributed by atoms with Crippen molar-refractivity contribution in [1.82, 2.24) is 0 Å². The van der Waals surface area contributed by atoms with Crippen molar-refractivity contribution in [3.8, 4) is 0 Å². The first-order valence-electron chi connectivity index (χ1n) is 6.52. The number of rotatable bonds is 6. The molecule has 0 aliphatic heterocycles. The van der Waals surface area contributed by atoms with Crippen molar-refractivity contribution in [2.24, 2.45) is 5.73 Å². The lowest BCUT2D eigenvalue weighted by Crippen LogP contribution is -2.23. The monoisotopic (exact) mass is 243 g/mol. The molecule has 1 unspecified atom stereocenters. The summed E-state index contributed by atoms with van der Waals surface area (Å²) in [7, 11) is 1.73. The summed E-state index contributed by atoms with van der Waals surface area (Å²) in [6.45, 7) is 0.795. The molecule has 2 heteroatoms. The maximum absolute atomic E-state index is 6.18. The minimum Gasteiger partial charge on any atom is -0.385 e. The van der Waals surface area contributed by atoms with Gasteiger partial charge in [0.15, 0.2) is 0 Å². The van der Waals surface area contributed by atoms with Gasteiger partial charge in [-0.1, -0.05) is 42.5 Å². The van der Waals surface area contributed by atoms with Crippen LogP contribution in [0.4, 0.5) is 0 Å². The summed E-state index contributed by atoms with van der Waals surface area (Å²) < 4.78 is 5.06. The summed E-state index contributed by atoms with van der Waals surface area (Å²) in [5.41, 5.74) is 7.53. The van der Waals surface area contributed by atoms with Crippen LogP contribution in [0.25, 0.3) is 10.8 Å². The van der Waals surface area contributed by atoms with Gasteiger partial charge in [0.05, 0.1) is 0 Å². The normalized spacial score (nSPS) is 12.8. The summed E-state index contributed by atoms with van der Waals surface area (Å²) in [5, 5.41) is 2.61. The maximum atomic E-state index is 6.18.